The summed E-state index contributed by atoms with van der Waals surface area (Å²) in [5.74, 6) is -1.70. The number of hydrogen-bond donors (Lipinski definition) is 1. The van der Waals surface area contributed by atoms with Crippen LogP contribution in [0.2, 0.25) is 0 Å². The highest BCUT2D eigenvalue weighted by atomic mass is 19.2. The molecule has 0 aliphatic heterocycles. The Morgan fingerprint density at radius 2 is 1.73 bits per heavy atom. The molecule has 0 saturated heterocycles. The summed E-state index contributed by atoms with van der Waals surface area (Å²) in [5.41, 5.74) is 0.963. The van der Waals surface area contributed by atoms with Crippen LogP contribution in [0.1, 0.15) is 48.7 Å². The molecule has 1 atom stereocenters. The molecule has 0 unspecified atom stereocenters. The molecular formula is C20H21F2NO3. The molecule has 0 radical (unpaired) electrons. The van der Waals surface area contributed by atoms with Crippen molar-refractivity contribution in [3.05, 3.63) is 65.2 Å². The first-order valence-electron chi connectivity index (χ1n) is 8.41. The lowest BCUT2D eigenvalue weighted by Gasteiger charge is -2.14. The van der Waals surface area contributed by atoms with Crippen LogP contribution >= 0.6 is 0 Å². The Hall–Kier alpha value is -2.76. The maximum Gasteiger partial charge on any atom is 0.220 e. The Bertz CT molecular complexity index is 775. The molecule has 0 saturated carbocycles. The van der Waals surface area contributed by atoms with E-state index in [0.717, 1.165) is 12.1 Å². The first kappa shape index (κ1) is 19.6. The smallest absolute Gasteiger partial charge is 0.220 e. The fourth-order valence-electron chi connectivity index (χ4n) is 2.45. The maximum atomic E-state index is 13.3. The van der Waals surface area contributed by atoms with E-state index in [1.165, 1.54) is 6.07 Å². The molecule has 1 amide bonds. The van der Waals surface area contributed by atoms with E-state index in [1.807, 2.05) is 6.92 Å². The molecule has 2 rings (SSSR count). The fourth-order valence-corrected chi connectivity index (χ4v) is 2.45. The Morgan fingerprint density at radius 1 is 1.04 bits per heavy atom. The highest BCUT2D eigenvalue weighted by Crippen LogP contribution is 2.17. The molecule has 6 heteroatoms. The van der Waals surface area contributed by atoms with Gasteiger partial charge in [-0.25, -0.2) is 8.78 Å². The number of rotatable bonds is 8. The van der Waals surface area contributed by atoms with Gasteiger partial charge in [-0.05, 0) is 55.8 Å². The van der Waals surface area contributed by atoms with Crippen LogP contribution in [0, 0.1) is 11.6 Å². The van der Waals surface area contributed by atoms with Gasteiger partial charge in [0.05, 0.1) is 12.6 Å². The second-order valence-electron chi connectivity index (χ2n) is 5.84. The van der Waals surface area contributed by atoms with E-state index < -0.39 is 17.7 Å². The number of benzene rings is 2. The number of nitrogens with one attached hydrogen (secondary N) is 1. The average molecular weight is 361 g/mol. The summed E-state index contributed by atoms with van der Waals surface area (Å²) in [6.07, 6.45) is 0.0738. The minimum atomic E-state index is -0.964. The largest absolute Gasteiger partial charge is 0.494 e. The van der Waals surface area contributed by atoms with E-state index in [2.05, 4.69) is 5.32 Å². The van der Waals surface area contributed by atoms with Gasteiger partial charge in [-0.1, -0.05) is 6.07 Å². The van der Waals surface area contributed by atoms with Crippen molar-refractivity contribution in [1.82, 2.24) is 5.32 Å². The highest BCUT2D eigenvalue weighted by molar-refractivity contribution is 5.98. The molecule has 0 aliphatic carbocycles. The molecule has 0 spiro atoms. The van der Waals surface area contributed by atoms with Crippen LogP contribution in [-0.2, 0) is 4.79 Å². The molecule has 0 aliphatic rings. The quantitative estimate of drug-likeness (QED) is 0.717. The van der Waals surface area contributed by atoms with E-state index in [0.29, 0.717) is 23.5 Å². The zero-order valence-electron chi connectivity index (χ0n) is 14.7. The summed E-state index contributed by atoms with van der Waals surface area (Å²) in [4.78, 5) is 24.1. The maximum absolute atomic E-state index is 13.3. The van der Waals surface area contributed by atoms with Gasteiger partial charge in [-0.2, -0.15) is 0 Å². The summed E-state index contributed by atoms with van der Waals surface area (Å²) in [5, 5.41) is 2.68. The Kier molecular flexibility index (Phi) is 6.83. The highest BCUT2D eigenvalue weighted by Gasteiger charge is 2.14. The third kappa shape index (κ3) is 5.37. The predicted octanol–water partition coefficient (Wildman–Crippen LogP) is 4.20. The van der Waals surface area contributed by atoms with Gasteiger partial charge in [-0.3, -0.25) is 9.59 Å². The number of amides is 1. The van der Waals surface area contributed by atoms with Gasteiger partial charge in [-0.15, -0.1) is 0 Å². The van der Waals surface area contributed by atoms with E-state index in [4.69, 9.17) is 4.74 Å². The summed E-state index contributed by atoms with van der Waals surface area (Å²) >= 11 is 0. The van der Waals surface area contributed by atoms with Crippen molar-refractivity contribution in [2.75, 3.05) is 6.61 Å². The number of carbonyl (C=O) groups is 2. The first-order chi connectivity index (χ1) is 12.4. The Morgan fingerprint density at radius 3 is 2.35 bits per heavy atom. The van der Waals surface area contributed by atoms with E-state index in [-0.39, 0.29) is 24.5 Å². The summed E-state index contributed by atoms with van der Waals surface area (Å²) in [7, 11) is 0. The minimum Gasteiger partial charge on any atom is -0.494 e. The van der Waals surface area contributed by atoms with E-state index in [1.54, 1.807) is 31.2 Å². The number of hydrogen-bond acceptors (Lipinski definition) is 3. The van der Waals surface area contributed by atoms with Crippen molar-refractivity contribution in [2.45, 2.75) is 32.7 Å². The molecule has 0 fully saturated rings. The molecule has 0 heterocycles. The van der Waals surface area contributed by atoms with Crippen LogP contribution in [0.5, 0.6) is 5.75 Å². The van der Waals surface area contributed by atoms with Gasteiger partial charge in [0.1, 0.15) is 5.75 Å². The average Bonchev–Trinajstić information content (AvgIpc) is 2.62. The summed E-state index contributed by atoms with van der Waals surface area (Å²) in [6, 6.07) is 9.73. The van der Waals surface area contributed by atoms with Gasteiger partial charge in [0.25, 0.3) is 0 Å². The van der Waals surface area contributed by atoms with Gasteiger partial charge < -0.3 is 10.1 Å². The molecule has 0 bridgehead atoms. The monoisotopic (exact) mass is 361 g/mol. The fraction of sp³-hybridized carbons (Fsp3) is 0.300. The van der Waals surface area contributed by atoms with E-state index in [9.17, 15) is 18.4 Å². The van der Waals surface area contributed by atoms with Crippen LogP contribution in [0.15, 0.2) is 42.5 Å². The van der Waals surface area contributed by atoms with Crippen molar-refractivity contribution in [3.63, 3.8) is 0 Å². The molecule has 138 valence electrons. The second-order valence-corrected chi connectivity index (χ2v) is 5.84. The van der Waals surface area contributed by atoms with Gasteiger partial charge in [0.15, 0.2) is 17.4 Å². The number of ether oxygens (including phenoxy) is 1. The number of halogens is 2. The topological polar surface area (TPSA) is 55.4 Å². The van der Waals surface area contributed by atoms with Crippen LogP contribution in [0.3, 0.4) is 0 Å². The lowest BCUT2D eigenvalue weighted by molar-refractivity contribution is -0.121. The third-order valence-corrected chi connectivity index (χ3v) is 3.89. The van der Waals surface area contributed by atoms with Crippen LogP contribution in [0.25, 0.3) is 0 Å². The zero-order chi connectivity index (χ0) is 19.1. The van der Waals surface area contributed by atoms with Crippen molar-refractivity contribution >= 4 is 11.7 Å². The lowest BCUT2D eigenvalue weighted by atomic mass is 10.1. The lowest BCUT2D eigenvalue weighted by Crippen LogP contribution is -2.27. The van der Waals surface area contributed by atoms with Crippen LogP contribution in [0.4, 0.5) is 8.78 Å². The Labute approximate surface area is 151 Å². The normalized spacial score (nSPS) is 11.7. The van der Waals surface area contributed by atoms with Gasteiger partial charge in [0.2, 0.25) is 5.91 Å². The first-order valence-corrected chi connectivity index (χ1v) is 8.41. The predicted molar refractivity (Wildman–Crippen MR) is 94.1 cm³/mol. The summed E-state index contributed by atoms with van der Waals surface area (Å²) < 4.78 is 31.5. The SMILES string of the molecule is CCOc1ccc(C(=O)CCC(=O)N[C@H](C)c2ccc(F)c(F)c2)cc1. The molecule has 2 aromatic rings. The summed E-state index contributed by atoms with van der Waals surface area (Å²) in [6.45, 7) is 4.08. The number of carbonyl (C=O) groups excluding carboxylic acids is 2. The van der Waals surface area contributed by atoms with E-state index >= 15 is 0 Å². The Balaban J connectivity index is 1.85. The van der Waals surface area contributed by atoms with Crippen LogP contribution in [-0.4, -0.2) is 18.3 Å². The van der Waals surface area contributed by atoms with Crippen molar-refractivity contribution in [3.8, 4) is 5.75 Å². The molecule has 1 N–H and O–H groups in total. The van der Waals surface area contributed by atoms with Crippen molar-refractivity contribution in [2.24, 2.45) is 0 Å². The number of Topliss-reactive ketones (excluding diaryl/α,β-unsaturated/α-hetero) is 1. The molecule has 4 nitrogen and oxygen atoms in total. The molecule has 0 aromatic heterocycles. The number of ketones is 1. The minimum absolute atomic E-state index is 0.0139. The molecule has 2 aromatic carbocycles. The van der Waals surface area contributed by atoms with Gasteiger partial charge in [0, 0.05) is 18.4 Å². The standard InChI is InChI=1S/C20H21F2NO3/c1-3-26-16-7-4-14(5-8-16)19(24)10-11-20(25)23-13(2)15-6-9-17(21)18(22)12-15/h4-9,12-13H,3,10-11H2,1-2H3,(H,23,25)/t13-/m1/s1. The zero-order valence-corrected chi connectivity index (χ0v) is 14.7. The second kappa shape index (κ2) is 9.08. The third-order valence-electron chi connectivity index (χ3n) is 3.89. The molecule has 26 heavy (non-hydrogen) atoms. The van der Waals surface area contributed by atoms with Gasteiger partial charge >= 0.3 is 0 Å². The molecular weight excluding hydrogens is 340 g/mol. The van der Waals surface area contributed by atoms with Crippen LogP contribution < -0.4 is 10.1 Å². The van der Waals surface area contributed by atoms with Crippen molar-refractivity contribution < 1.29 is 23.1 Å². The van der Waals surface area contributed by atoms with Crippen molar-refractivity contribution in [1.29, 1.82) is 0 Å².